The van der Waals surface area contributed by atoms with E-state index in [1.54, 1.807) is 0 Å². The van der Waals surface area contributed by atoms with Crippen molar-refractivity contribution < 1.29 is 14.3 Å². The number of carbonyl (C=O) groups is 1. The second-order valence-electron chi connectivity index (χ2n) is 11.2. The molecule has 3 nitrogen and oxygen atoms in total. The summed E-state index contributed by atoms with van der Waals surface area (Å²) >= 11 is 0. The molecule has 0 spiro atoms. The summed E-state index contributed by atoms with van der Waals surface area (Å²) in [5, 5.41) is 11.5. The van der Waals surface area contributed by atoms with E-state index in [-0.39, 0.29) is 17.4 Å². The standard InChI is InChI=1S/C33H46O3Si/c1-27(17-10-7-11-18-29(3)26-32(34)35)25-28(2)19-16-24-36-37(33(4,5)6,30-20-12-8-13-21-30)31-22-14-9-15-23-31/h7-10,12-15,17,19-23,29H,11,16,18,24-26H2,1-6H3,(H,34,35)/b10-7+,27-17+,28-19+/t29-/m0/s1. The molecule has 2 aromatic carbocycles. The van der Waals surface area contributed by atoms with Crippen LogP contribution in [0.15, 0.2) is 96.1 Å². The number of aliphatic carboxylic acids is 1. The summed E-state index contributed by atoms with van der Waals surface area (Å²) in [6.45, 7) is 14.0. The van der Waals surface area contributed by atoms with Gasteiger partial charge in [-0.15, -0.1) is 0 Å². The smallest absolute Gasteiger partial charge is 0.303 e. The number of carboxylic acids is 1. The highest BCUT2D eigenvalue weighted by molar-refractivity contribution is 6.99. The summed E-state index contributed by atoms with van der Waals surface area (Å²) in [6, 6.07) is 21.6. The van der Waals surface area contributed by atoms with E-state index in [1.807, 2.05) is 6.92 Å². The van der Waals surface area contributed by atoms with Crippen LogP contribution in [0.25, 0.3) is 0 Å². The summed E-state index contributed by atoms with van der Waals surface area (Å²) in [5.74, 6) is -0.505. The molecule has 0 fully saturated rings. The van der Waals surface area contributed by atoms with Crippen LogP contribution in [0.1, 0.15) is 73.6 Å². The summed E-state index contributed by atoms with van der Waals surface area (Å²) in [7, 11) is -2.48. The maximum absolute atomic E-state index is 10.8. The van der Waals surface area contributed by atoms with Crippen molar-refractivity contribution in [3.05, 3.63) is 96.1 Å². The zero-order chi connectivity index (χ0) is 27.3. The topological polar surface area (TPSA) is 46.5 Å². The van der Waals surface area contributed by atoms with Crippen molar-refractivity contribution in [1.29, 1.82) is 0 Å². The Morgan fingerprint density at radius 3 is 2.03 bits per heavy atom. The van der Waals surface area contributed by atoms with Gasteiger partial charge in [-0.1, -0.05) is 124 Å². The van der Waals surface area contributed by atoms with Gasteiger partial charge in [0.15, 0.2) is 0 Å². The van der Waals surface area contributed by atoms with Crippen LogP contribution in [0, 0.1) is 5.92 Å². The van der Waals surface area contributed by atoms with Gasteiger partial charge in [-0.25, -0.2) is 0 Å². The molecule has 0 aliphatic carbocycles. The van der Waals surface area contributed by atoms with Crippen LogP contribution in [0.2, 0.25) is 5.04 Å². The zero-order valence-corrected chi connectivity index (χ0v) is 24.7. The maximum Gasteiger partial charge on any atom is 0.303 e. The van der Waals surface area contributed by atoms with Gasteiger partial charge in [-0.05, 0) is 60.9 Å². The molecule has 37 heavy (non-hydrogen) atoms. The number of allylic oxidation sites excluding steroid dienone is 5. The Morgan fingerprint density at radius 1 is 0.946 bits per heavy atom. The van der Waals surface area contributed by atoms with Crippen molar-refractivity contribution >= 4 is 24.7 Å². The Balaban J connectivity index is 2.01. The van der Waals surface area contributed by atoms with Crippen LogP contribution in [0.3, 0.4) is 0 Å². The number of carboxylic acid groups (broad SMARTS) is 1. The normalized spacial score (nSPS) is 14.2. The Bertz CT molecular complexity index is 1010. The molecular weight excluding hydrogens is 472 g/mol. The number of rotatable bonds is 14. The molecule has 1 N–H and O–H groups in total. The van der Waals surface area contributed by atoms with Crippen molar-refractivity contribution in [3.63, 3.8) is 0 Å². The van der Waals surface area contributed by atoms with Crippen LogP contribution >= 0.6 is 0 Å². The lowest BCUT2D eigenvalue weighted by Gasteiger charge is -2.43. The Hall–Kier alpha value is -2.69. The minimum atomic E-state index is -2.48. The Labute approximate surface area is 226 Å². The van der Waals surface area contributed by atoms with Gasteiger partial charge < -0.3 is 9.53 Å². The first-order valence-corrected chi connectivity index (χ1v) is 15.4. The van der Waals surface area contributed by atoms with Gasteiger partial charge >= 0.3 is 5.97 Å². The lowest BCUT2D eigenvalue weighted by atomic mass is 10.0. The second kappa shape index (κ2) is 14.9. The van der Waals surface area contributed by atoms with E-state index >= 15 is 0 Å². The summed E-state index contributed by atoms with van der Waals surface area (Å²) < 4.78 is 6.99. The molecule has 0 bridgehead atoms. The molecule has 0 saturated heterocycles. The fraction of sp³-hybridized carbons (Fsp3) is 0.424. The first kappa shape index (κ1) is 30.5. The van der Waals surface area contributed by atoms with E-state index in [1.165, 1.54) is 21.5 Å². The van der Waals surface area contributed by atoms with E-state index in [2.05, 4.69) is 120 Å². The first-order chi connectivity index (χ1) is 17.6. The fourth-order valence-electron chi connectivity index (χ4n) is 4.96. The number of benzene rings is 2. The van der Waals surface area contributed by atoms with Crippen molar-refractivity contribution in [2.24, 2.45) is 5.92 Å². The van der Waals surface area contributed by atoms with Gasteiger partial charge in [-0.3, -0.25) is 4.79 Å². The third-order valence-electron chi connectivity index (χ3n) is 6.77. The molecule has 0 aliphatic rings. The quantitative estimate of drug-likeness (QED) is 0.121. The molecule has 2 aromatic rings. The lowest BCUT2D eigenvalue weighted by molar-refractivity contribution is -0.138. The average molecular weight is 519 g/mol. The third kappa shape index (κ3) is 9.60. The van der Waals surface area contributed by atoms with E-state index < -0.39 is 14.3 Å². The highest BCUT2D eigenvalue weighted by Gasteiger charge is 2.49. The molecule has 0 amide bonds. The second-order valence-corrected chi connectivity index (χ2v) is 15.6. The zero-order valence-electron chi connectivity index (χ0n) is 23.7. The highest BCUT2D eigenvalue weighted by atomic mass is 28.4. The fourth-order valence-corrected chi connectivity index (χ4v) is 9.54. The maximum atomic E-state index is 10.8. The van der Waals surface area contributed by atoms with Gasteiger partial charge in [0.2, 0.25) is 0 Å². The largest absolute Gasteiger partial charge is 0.481 e. The first-order valence-electron chi connectivity index (χ1n) is 13.5. The van der Waals surface area contributed by atoms with Crippen LogP contribution in [0.5, 0.6) is 0 Å². The predicted molar refractivity (Wildman–Crippen MR) is 160 cm³/mol. The van der Waals surface area contributed by atoms with Gasteiger partial charge in [0.1, 0.15) is 0 Å². The van der Waals surface area contributed by atoms with Crippen molar-refractivity contribution in [1.82, 2.24) is 0 Å². The molecule has 0 aromatic heterocycles. The third-order valence-corrected chi connectivity index (χ3v) is 11.8. The molecule has 0 radical (unpaired) electrons. The Kier molecular flexibility index (Phi) is 12.3. The lowest BCUT2D eigenvalue weighted by Crippen LogP contribution is -2.66. The number of hydrogen-bond donors (Lipinski definition) is 1. The molecule has 200 valence electrons. The molecule has 0 heterocycles. The molecule has 0 saturated carbocycles. The van der Waals surface area contributed by atoms with Gasteiger partial charge in [0.25, 0.3) is 8.32 Å². The Morgan fingerprint density at radius 2 is 1.51 bits per heavy atom. The number of hydrogen-bond acceptors (Lipinski definition) is 2. The molecule has 1 atom stereocenters. The summed E-state index contributed by atoms with van der Waals surface area (Å²) in [6.07, 6.45) is 12.6. The van der Waals surface area contributed by atoms with E-state index in [4.69, 9.17) is 9.53 Å². The molecule has 4 heteroatoms. The molecule has 2 rings (SSSR count). The minimum absolute atomic E-state index is 0.00839. The summed E-state index contributed by atoms with van der Waals surface area (Å²) in [4.78, 5) is 10.8. The van der Waals surface area contributed by atoms with Gasteiger partial charge in [0, 0.05) is 13.0 Å². The van der Waals surface area contributed by atoms with Crippen molar-refractivity contribution in [3.8, 4) is 0 Å². The predicted octanol–water partition coefficient (Wildman–Crippen LogP) is 7.68. The highest BCUT2D eigenvalue weighted by Crippen LogP contribution is 2.36. The van der Waals surface area contributed by atoms with Crippen LogP contribution in [0.4, 0.5) is 0 Å². The van der Waals surface area contributed by atoms with Crippen molar-refractivity contribution in [2.45, 2.75) is 78.7 Å². The SMILES string of the molecule is C/C(=C\C=C\CC[C@H](C)CC(=O)O)C/C(C)=C/CCO[Si](c1ccccc1)(c1ccccc1)C(C)(C)C. The van der Waals surface area contributed by atoms with E-state index in [9.17, 15) is 4.79 Å². The van der Waals surface area contributed by atoms with Crippen LogP contribution in [-0.4, -0.2) is 26.0 Å². The molecule has 0 aliphatic heterocycles. The molecular formula is C33H46O3Si. The van der Waals surface area contributed by atoms with Crippen LogP contribution < -0.4 is 10.4 Å². The summed E-state index contributed by atoms with van der Waals surface area (Å²) in [5.41, 5.74) is 2.67. The molecule has 0 unspecified atom stereocenters. The van der Waals surface area contributed by atoms with E-state index in [0.717, 1.165) is 25.7 Å². The van der Waals surface area contributed by atoms with Gasteiger partial charge in [0.05, 0.1) is 0 Å². The van der Waals surface area contributed by atoms with Gasteiger partial charge in [-0.2, -0.15) is 0 Å². The average Bonchev–Trinajstić information content (AvgIpc) is 2.83. The van der Waals surface area contributed by atoms with E-state index in [0.29, 0.717) is 6.61 Å². The monoisotopic (exact) mass is 518 g/mol. The minimum Gasteiger partial charge on any atom is -0.481 e. The van der Waals surface area contributed by atoms with Crippen LogP contribution in [-0.2, 0) is 9.22 Å². The van der Waals surface area contributed by atoms with Crippen molar-refractivity contribution in [2.75, 3.05) is 6.61 Å².